The maximum atomic E-state index is 11.9. The molecule has 100 valence electrons. The molecule has 0 saturated heterocycles. The van der Waals surface area contributed by atoms with Crippen LogP contribution in [0.3, 0.4) is 0 Å². The Labute approximate surface area is 104 Å². The van der Waals surface area contributed by atoms with Gasteiger partial charge in [0.1, 0.15) is 6.61 Å². The zero-order chi connectivity index (χ0) is 12.7. The molecule has 0 bridgehead atoms. The molecule has 0 aromatic rings. The highest BCUT2D eigenvalue weighted by molar-refractivity contribution is 5.77. The minimum Gasteiger partial charge on any atom is -0.372 e. The lowest BCUT2D eigenvalue weighted by Gasteiger charge is -2.37. The summed E-state index contributed by atoms with van der Waals surface area (Å²) in [5, 5.41) is 0. The van der Waals surface area contributed by atoms with Gasteiger partial charge in [-0.3, -0.25) is 4.79 Å². The summed E-state index contributed by atoms with van der Waals surface area (Å²) >= 11 is 0. The van der Waals surface area contributed by atoms with Crippen LogP contribution in [-0.2, 0) is 9.53 Å². The summed E-state index contributed by atoms with van der Waals surface area (Å²) in [5.74, 6) is 0.549. The first kappa shape index (κ1) is 14.5. The molecule has 4 heteroatoms. The van der Waals surface area contributed by atoms with E-state index < -0.39 is 0 Å². The normalized spacial score (nSPS) is 24.6. The standard InChI is InChI=1S/C13H26N2O2/c1-3-8-17-10-13(16)15(2)12-7-5-4-6-11(12)9-14/h11-12H,3-10,14H2,1-2H3. The molecule has 0 aliphatic heterocycles. The van der Waals surface area contributed by atoms with Crippen LogP contribution in [0.4, 0.5) is 0 Å². The van der Waals surface area contributed by atoms with Crippen molar-refractivity contribution >= 4 is 5.91 Å². The predicted molar refractivity (Wildman–Crippen MR) is 68.7 cm³/mol. The molecule has 0 spiro atoms. The molecule has 2 atom stereocenters. The van der Waals surface area contributed by atoms with E-state index in [0.717, 1.165) is 19.3 Å². The zero-order valence-electron chi connectivity index (χ0n) is 11.2. The number of hydrogen-bond donors (Lipinski definition) is 1. The van der Waals surface area contributed by atoms with E-state index >= 15 is 0 Å². The number of carbonyl (C=O) groups excluding carboxylic acids is 1. The number of rotatable bonds is 6. The second-order valence-electron chi connectivity index (χ2n) is 4.90. The first-order valence-corrected chi connectivity index (χ1v) is 6.74. The fourth-order valence-corrected chi connectivity index (χ4v) is 2.56. The summed E-state index contributed by atoms with van der Waals surface area (Å²) in [5.41, 5.74) is 5.78. The SMILES string of the molecule is CCCOCC(=O)N(C)C1CCCCC1CN. The van der Waals surface area contributed by atoms with Gasteiger partial charge in [0.05, 0.1) is 0 Å². The van der Waals surface area contributed by atoms with Crippen molar-refractivity contribution < 1.29 is 9.53 Å². The van der Waals surface area contributed by atoms with Crippen LogP contribution in [0.25, 0.3) is 0 Å². The number of likely N-dealkylation sites (N-methyl/N-ethyl adjacent to an activating group) is 1. The Kier molecular flexibility index (Phi) is 6.52. The molecule has 2 unspecified atom stereocenters. The summed E-state index contributed by atoms with van der Waals surface area (Å²) in [6.45, 7) is 3.58. The van der Waals surface area contributed by atoms with Crippen LogP contribution in [0, 0.1) is 5.92 Å². The van der Waals surface area contributed by atoms with Crippen LogP contribution in [0.2, 0.25) is 0 Å². The van der Waals surface area contributed by atoms with Crippen LogP contribution in [0.1, 0.15) is 39.0 Å². The Hall–Kier alpha value is -0.610. The summed E-state index contributed by atoms with van der Waals surface area (Å²) in [6.07, 6.45) is 5.62. The molecule has 1 aliphatic rings. The van der Waals surface area contributed by atoms with E-state index in [4.69, 9.17) is 10.5 Å². The number of hydrogen-bond acceptors (Lipinski definition) is 3. The van der Waals surface area contributed by atoms with Crippen LogP contribution in [0.15, 0.2) is 0 Å². The maximum Gasteiger partial charge on any atom is 0.248 e. The van der Waals surface area contributed by atoms with E-state index in [0.29, 0.717) is 25.1 Å². The lowest BCUT2D eigenvalue weighted by molar-refractivity contribution is -0.138. The molecule has 0 aromatic heterocycles. The van der Waals surface area contributed by atoms with E-state index in [9.17, 15) is 4.79 Å². The highest BCUT2D eigenvalue weighted by atomic mass is 16.5. The third kappa shape index (κ3) is 4.28. The second-order valence-corrected chi connectivity index (χ2v) is 4.90. The molecule has 1 rings (SSSR count). The second kappa shape index (κ2) is 7.67. The quantitative estimate of drug-likeness (QED) is 0.716. The molecule has 2 N–H and O–H groups in total. The largest absolute Gasteiger partial charge is 0.372 e. The molecule has 17 heavy (non-hydrogen) atoms. The third-order valence-corrected chi connectivity index (χ3v) is 3.64. The average Bonchev–Trinajstić information content (AvgIpc) is 2.38. The first-order chi connectivity index (χ1) is 8.20. The highest BCUT2D eigenvalue weighted by Crippen LogP contribution is 2.27. The lowest BCUT2D eigenvalue weighted by atomic mass is 9.83. The van der Waals surface area contributed by atoms with Crippen LogP contribution in [0.5, 0.6) is 0 Å². The molecule has 0 aromatic carbocycles. The van der Waals surface area contributed by atoms with Crippen molar-refractivity contribution in [3.63, 3.8) is 0 Å². The summed E-state index contributed by atoms with van der Waals surface area (Å²) in [7, 11) is 1.89. The summed E-state index contributed by atoms with van der Waals surface area (Å²) < 4.78 is 5.30. The van der Waals surface area contributed by atoms with Crippen LogP contribution in [-0.4, -0.2) is 43.7 Å². The number of nitrogens with zero attached hydrogens (tertiary/aromatic N) is 1. The molecule has 1 fully saturated rings. The van der Waals surface area contributed by atoms with Gasteiger partial charge in [-0.05, 0) is 31.7 Å². The van der Waals surface area contributed by atoms with Crippen molar-refractivity contribution in [2.24, 2.45) is 11.7 Å². The Bertz CT molecular complexity index is 233. The minimum absolute atomic E-state index is 0.0869. The fourth-order valence-electron chi connectivity index (χ4n) is 2.56. The fraction of sp³-hybridized carbons (Fsp3) is 0.923. The molecular formula is C13H26N2O2. The zero-order valence-corrected chi connectivity index (χ0v) is 11.2. The number of nitrogens with two attached hydrogens (primary N) is 1. The monoisotopic (exact) mass is 242 g/mol. The van der Waals surface area contributed by atoms with Crippen molar-refractivity contribution in [1.29, 1.82) is 0 Å². The van der Waals surface area contributed by atoms with Gasteiger partial charge in [0.2, 0.25) is 5.91 Å². The van der Waals surface area contributed by atoms with Crippen LogP contribution >= 0.6 is 0 Å². The Morgan fingerprint density at radius 3 is 2.76 bits per heavy atom. The highest BCUT2D eigenvalue weighted by Gasteiger charge is 2.29. The van der Waals surface area contributed by atoms with E-state index in [-0.39, 0.29) is 12.5 Å². The van der Waals surface area contributed by atoms with Crippen molar-refractivity contribution in [2.45, 2.75) is 45.1 Å². The van der Waals surface area contributed by atoms with E-state index in [1.807, 2.05) is 18.9 Å². The molecule has 1 amide bonds. The van der Waals surface area contributed by atoms with Gasteiger partial charge >= 0.3 is 0 Å². The molecule has 4 nitrogen and oxygen atoms in total. The van der Waals surface area contributed by atoms with Gasteiger partial charge < -0.3 is 15.4 Å². The third-order valence-electron chi connectivity index (χ3n) is 3.64. The van der Waals surface area contributed by atoms with Gasteiger partial charge in [-0.15, -0.1) is 0 Å². The summed E-state index contributed by atoms with van der Waals surface area (Å²) in [6, 6.07) is 0.312. The molecule has 0 heterocycles. The number of ether oxygens (including phenoxy) is 1. The molecular weight excluding hydrogens is 216 g/mol. The van der Waals surface area contributed by atoms with Crippen molar-refractivity contribution in [3.05, 3.63) is 0 Å². The van der Waals surface area contributed by atoms with E-state index in [1.54, 1.807) is 0 Å². The maximum absolute atomic E-state index is 11.9. The number of carbonyl (C=O) groups is 1. The van der Waals surface area contributed by atoms with Gasteiger partial charge in [0, 0.05) is 19.7 Å². The van der Waals surface area contributed by atoms with Crippen molar-refractivity contribution in [3.8, 4) is 0 Å². The molecule has 0 radical (unpaired) electrons. The van der Waals surface area contributed by atoms with Crippen molar-refractivity contribution in [2.75, 3.05) is 26.8 Å². The summed E-state index contributed by atoms with van der Waals surface area (Å²) in [4.78, 5) is 13.8. The smallest absolute Gasteiger partial charge is 0.248 e. The van der Waals surface area contributed by atoms with E-state index in [1.165, 1.54) is 12.8 Å². The number of amides is 1. The van der Waals surface area contributed by atoms with E-state index in [2.05, 4.69) is 0 Å². The first-order valence-electron chi connectivity index (χ1n) is 6.74. The Morgan fingerprint density at radius 2 is 2.12 bits per heavy atom. The average molecular weight is 242 g/mol. The van der Waals surface area contributed by atoms with Crippen molar-refractivity contribution in [1.82, 2.24) is 4.90 Å². The topological polar surface area (TPSA) is 55.6 Å². The Balaban J connectivity index is 2.42. The molecule has 1 aliphatic carbocycles. The van der Waals surface area contributed by atoms with Gasteiger partial charge in [0.15, 0.2) is 0 Å². The minimum atomic E-state index is 0.0869. The lowest BCUT2D eigenvalue weighted by Crippen LogP contribution is -2.47. The molecule has 1 saturated carbocycles. The van der Waals surface area contributed by atoms with Gasteiger partial charge in [-0.25, -0.2) is 0 Å². The van der Waals surface area contributed by atoms with Gasteiger partial charge in [-0.2, -0.15) is 0 Å². The van der Waals surface area contributed by atoms with Gasteiger partial charge in [-0.1, -0.05) is 19.8 Å². The van der Waals surface area contributed by atoms with Gasteiger partial charge in [0.25, 0.3) is 0 Å². The Morgan fingerprint density at radius 1 is 1.41 bits per heavy atom. The van der Waals surface area contributed by atoms with Crippen LogP contribution < -0.4 is 5.73 Å². The predicted octanol–water partition coefficient (Wildman–Crippen LogP) is 1.39.